The van der Waals surface area contributed by atoms with Crippen molar-refractivity contribution in [2.24, 2.45) is 11.1 Å². The number of nitrogens with two attached hydrogens (primary N) is 1. The molecule has 0 aromatic rings. The molecule has 2 rings (SSSR count). The fourth-order valence-electron chi connectivity index (χ4n) is 2.10. The molecule has 6 heteroatoms. The predicted octanol–water partition coefficient (Wildman–Crippen LogP) is 0.228. The second kappa shape index (κ2) is 5.22. The molecular weight excluding hydrogens is 250 g/mol. The molecule has 2 aliphatic carbocycles. The van der Waals surface area contributed by atoms with Gasteiger partial charge >= 0.3 is 0 Å². The van der Waals surface area contributed by atoms with Crippen LogP contribution < -0.4 is 16.4 Å². The largest absolute Gasteiger partial charge is 0.392 e. The Balaban J connectivity index is 1.70. The van der Waals surface area contributed by atoms with E-state index in [-0.39, 0.29) is 16.8 Å². The fourth-order valence-corrected chi connectivity index (χ4v) is 2.40. The molecule has 18 heavy (non-hydrogen) atoms. The van der Waals surface area contributed by atoms with Crippen LogP contribution in [0.15, 0.2) is 0 Å². The van der Waals surface area contributed by atoms with Gasteiger partial charge in [-0.3, -0.25) is 9.59 Å². The van der Waals surface area contributed by atoms with Crippen molar-refractivity contribution in [3.63, 3.8) is 0 Å². The van der Waals surface area contributed by atoms with Gasteiger partial charge in [0.1, 0.15) is 0 Å². The smallest absolute Gasteiger partial charge is 0.233 e. The van der Waals surface area contributed by atoms with E-state index >= 15 is 0 Å². The van der Waals surface area contributed by atoms with Gasteiger partial charge in [-0.1, -0.05) is 18.6 Å². The van der Waals surface area contributed by atoms with Crippen LogP contribution in [0.1, 0.15) is 38.5 Å². The van der Waals surface area contributed by atoms with E-state index in [2.05, 4.69) is 10.6 Å². The second-order valence-electron chi connectivity index (χ2n) is 5.15. The van der Waals surface area contributed by atoms with Crippen molar-refractivity contribution in [3.8, 4) is 0 Å². The van der Waals surface area contributed by atoms with Crippen LogP contribution in [0.2, 0.25) is 0 Å². The van der Waals surface area contributed by atoms with Crippen LogP contribution in [-0.4, -0.2) is 29.4 Å². The first-order valence-corrected chi connectivity index (χ1v) is 6.83. The van der Waals surface area contributed by atoms with Crippen LogP contribution in [0.4, 0.5) is 0 Å². The van der Waals surface area contributed by atoms with Crippen molar-refractivity contribution >= 4 is 29.0 Å². The Hall–Kier alpha value is -1.17. The van der Waals surface area contributed by atoms with Gasteiger partial charge in [-0.15, -0.1) is 0 Å². The monoisotopic (exact) mass is 269 g/mol. The maximum atomic E-state index is 12.0. The summed E-state index contributed by atoms with van der Waals surface area (Å²) < 4.78 is 0. The van der Waals surface area contributed by atoms with Gasteiger partial charge < -0.3 is 16.4 Å². The van der Waals surface area contributed by atoms with Crippen molar-refractivity contribution in [1.82, 2.24) is 10.6 Å². The van der Waals surface area contributed by atoms with E-state index in [0.29, 0.717) is 19.0 Å². The van der Waals surface area contributed by atoms with E-state index in [4.69, 9.17) is 18.0 Å². The van der Waals surface area contributed by atoms with Gasteiger partial charge in [-0.05, 0) is 25.7 Å². The number of carbonyl (C=O) groups excluding carboxylic acids is 2. The molecule has 0 bridgehead atoms. The molecule has 5 nitrogen and oxygen atoms in total. The fraction of sp³-hybridized carbons (Fsp3) is 0.750. The summed E-state index contributed by atoms with van der Waals surface area (Å²) in [6, 6.07) is 0.364. The highest BCUT2D eigenvalue weighted by atomic mass is 32.1. The molecule has 0 aromatic carbocycles. The highest BCUT2D eigenvalue weighted by molar-refractivity contribution is 7.80. The van der Waals surface area contributed by atoms with Gasteiger partial charge in [0.05, 0.1) is 10.4 Å². The molecular formula is C12H19N3O2S. The summed E-state index contributed by atoms with van der Waals surface area (Å²) >= 11 is 4.96. The zero-order chi connectivity index (χ0) is 13.2. The number of hydrogen-bond acceptors (Lipinski definition) is 3. The van der Waals surface area contributed by atoms with Crippen LogP contribution in [0.3, 0.4) is 0 Å². The summed E-state index contributed by atoms with van der Waals surface area (Å²) in [6.07, 6.45) is 4.89. The Morgan fingerprint density at radius 2 is 2.00 bits per heavy atom. The molecule has 0 radical (unpaired) electrons. The van der Waals surface area contributed by atoms with E-state index in [1.807, 2.05) is 0 Å². The molecule has 0 atom stereocenters. The predicted molar refractivity (Wildman–Crippen MR) is 71.9 cm³/mol. The van der Waals surface area contributed by atoms with E-state index < -0.39 is 5.41 Å². The first-order valence-electron chi connectivity index (χ1n) is 6.42. The number of thiocarbonyl (C=S) groups is 1. The lowest BCUT2D eigenvalue weighted by molar-refractivity contribution is -0.130. The standard InChI is InChI=1S/C12H19N3O2S/c13-10(18)12(5-1-6-12)11(17)14-7-4-9(16)15-8-2-3-8/h8H,1-7H2,(H2,13,18)(H,14,17)(H,15,16). The molecule has 2 saturated carbocycles. The van der Waals surface area contributed by atoms with Crippen molar-refractivity contribution in [2.45, 2.75) is 44.6 Å². The highest BCUT2D eigenvalue weighted by Gasteiger charge is 2.46. The number of rotatable bonds is 6. The van der Waals surface area contributed by atoms with E-state index in [0.717, 1.165) is 32.1 Å². The lowest BCUT2D eigenvalue weighted by Crippen LogP contribution is -2.53. The average Bonchev–Trinajstić information content (AvgIpc) is 2.98. The molecule has 0 aliphatic heterocycles. The highest BCUT2D eigenvalue weighted by Crippen LogP contribution is 2.41. The van der Waals surface area contributed by atoms with E-state index in [9.17, 15) is 9.59 Å². The van der Waals surface area contributed by atoms with Gasteiger partial charge in [-0.2, -0.15) is 0 Å². The molecule has 0 aromatic heterocycles. The first kappa shape index (κ1) is 13.3. The lowest BCUT2D eigenvalue weighted by Gasteiger charge is -2.39. The van der Waals surface area contributed by atoms with Gasteiger partial charge in [0.25, 0.3) is 0 Å². The summed E-state index contributed by atoms with van der Waals surface area (Å²) in [4.78, 5) is 23.7. The number of nitrogens with one attached hydrogen (secondary N) is 2. The van der Waals surface area contributed by atoms with Crippen molar-refractivity contribution in [1.29, 1.82) is 0 Å². The third-order valence-corrected chi connectivity index (χ3v) is 4.08. The van der Waals surface area contributed by atoms with Crippen molar-refractivity contribution in [2.75, 3.05) is 6.54 Å². The maximum Gasteiger partial charge on any atom is 0.233 e. The van der Waals surface area contributed by atoms with Crippen LogP contribution in [0, 0.1) is 5.41 Å². The van der Waals surface area contributed by atoms with Gasteiger partial charge in [0.15, 0.2) is 0 Å². The van der Waals surface area contributed by atoms with Crippen molar-refractivity contribution < 1.29 is 9.59 Å². The zero-order valence-electron chi connectivity index (χ0n) is 10.3. The Kier molecular flexibility index (Phi) is 3.85. The van der Waals surface area contributed by atoms with Gasteiger partial charge in [0.2, 0.25) is 11.8 Å². The number of amides is 2. The quantitative estimate of drug-likeness (QED) is 0.603. The summed E-state index contributed by atoms with van der Waals surface area (Å²) in [5.41, 5.74) is 4.98. The molecule has 0 unspecified atom stereocenters. The number of hydrogen-bond donors (Lipinski definition) is 3. The summed E-state index contributed by atoms with van der Waals surface area (Å²) in [5, 5.41) is 5.64. The molecule has 2 fully saturated rings. The minimum atomic E-state index is -0.650. The Morgan fingerprint density at radius 1 is 1.33 bits per heavy atom. The third-order valence-electron chi connectivity index (χ3n) is 3.69. The summed E-state index contributed by atoms with van der Waals surface area (Å²) in [7, 11) is 0. The molecule has 0 spiro atoms. The molecule has 4 N–H and O–H groups in total. The molecule has 100 valence electrons. The maximum absolute atomic E-state index is 12.0. The second-order valence-corrected chi connectivity index (χ2v) is 5.59. The SMILES string of the molecule is NC(=S)C1(C(=O)NCCC(=O)NC2CC2)CCC1. The Labute approximate surface area is 112 Å². The van der Waals surface area contributed by atoms with Gasteiger partial charge in [-0.25, -0.2) is 0 Å². The van der Waals surface area contributed by atoms with E-state index in [1.54, 1.807) is 0 Å². The van der Waals surface area contributed by atoms with E-state index in [1.165, 1.54) is 0 Å². The van der Waals surface area contributed by atoms with Crippen LogP contribution >= 0.6 is 12.2 Å². The normalized spacial score (nSPS) is 20.7. The third kappa shape index (κ3) is 2.80. The van der Waals surface area contributed by atoms with Crippen LogP contribution in [0.25, 0.3) is 0 Å². The Morgan fingerprint density at radius 3 is 2.44 bits per heavy atom. The minimum absolute atomic E-state index is 0.00390. The zero-order valence-corrected chi connectivity index (χ0v) is 11.1. The Bertz CT molecular complexity index is 376. The summed E-state index contributed by atoms with van der Waals surface area (Å²) in [5.74, 6) is -0.128. The molecule has 2 aliphatic rings. The van der Waals surface area contributed by atoms with Crippen LogP contribution in [-0.2, 0) is 9.59 Å². The first-order chi connectivity index (χ1) is 8.54. The molecule has 0 heterocycles. The molecule has 0 saturated heterocycles. The molecule has 2 amide bonds. The number of carbonyl (C=O) groups is 2. The minimum Gasteiger partial charge on any atom is -0.392 e. The average molecular weight is 269 g/mol. The lowest BCUT2D eigenvalue weighted by atomic mass is 9.68. The van der Waals surface area contributed by atoms with Crippen LogP contribution in [0.5, 0.6) is 0 Å². The summed E-state index contributed by atoms with van der Waals surface area (Å²) in [6.45, 7) is 0.349. The topological polar surface area (TPSA) is 84.2 Å². The van der Waals surface area contributed by atoms with Gasteiger partial charge in [0, 0.05) is 19.0 Å². The van der Waals surface area contributed by atoms with Crippen molar-refractivity contribution in [3.05, 3.63) is 0 Å².